The van der Waals surface area contributed by atoms with Crippen molar-refractivity contribution in [2.24, 2.45) is 0 Å². The highest BCUT2D eigenvalue weighted by atomic mass is 15.2. The Kier molecular flexibility index (Phi) is 2.83. The van der Waals surface area contributed by atoms with E-state index in [4.69, 9.17) is 0 Å². The number of nitrogens with zero attached hydrogens (tertiary/aromatic N) is 1. The molecule has 2 heteroatoms. The van der Waals surface area contributed by atoms with Crippen LogP contribution in [0.25, 0.3) is 0 Å². The zero-order chi connectivity index (χ0) is 11.8. The van der Waals surface area contributed by atoms with Gasteiger partial charge in [0, 0.05) is 30.9 Å². The van der Waals surface area contributed by atoms with E-state index in [1.54, 1.807) is 0 Å². The van der Waals surface area contributed by atoms with E-state index in [1.807, 2.05) is 0 Å². The fourth-order valence-electron chi connectivity index (χ4n) is 2.99. The van der Waals surface area contributed by atoms with Gasteiger partial charge in [0.2, 0.25) is 0 Å². The van der Waals surface area contributed by atoms with Gasteiger partial charge in [-0.3, -0.25) is 0 Å². The summed E-state index contributed by atoms with van der Waals surface area (Å²) < 4.78 is 0. The van der Waals surface area contributed by atoms with Gasteiger partial charge in [-0.25, -0.2) is 0 Å². The number of aryl methyl sites for hydroxylation is 2. The van der Waals surface area contributed by atoms with Crippen LogP contribution in [0.2, 0.25) is 0 Å². The first kappa shape index (κ1) is 11.1. The molecule has 2 aliphatic rings. The fourth-order valence-corrected chi connectivity index (χ4v) is 2.99. The normalized spacial score (nSPS) is 24.4. The molecule has 1 aliphatic carbocycles. The molecule has 0 amide bonds. The molecule has 17 heavy (non-hydrogen) atoms. The Bertz CT molecular complexity index is 389. The Labute approximate surface area is 104 Å². The summed E-state index contributed by atoms with van der Waals surface area (Å²) in [5.41, 5.74) is 4.29. The topological polar surface area (TPSA) is 15.3 Å². The quantitative estimate of drug-likeness (QED) is 0.858. The van der Waals surface area contributed by atoms with E-state index in [-0.39, 0.29) is 0 Å². The molecule has 3 rings (SSSR count). The van der Waals surface area contributed by atoms with Gasteiger partial charge in [-0.2, -0.15) is 0 Å². The van der Waals surface area contributed by atoms with Gasteiger partial charge in [0.05, 0.1) is 0 Å². The number of anilines is 1. The summed E-state index contributed by atoms with van der Waals surface area (Å²) in [5.74, 6) is 0. The van der Waals surface area contributed by atoms with Crippen LogP contribution < -0.4 is 10.2 Å². The van der Waals surface area contributed by atoms with E-state index in [2.05, 4.69) is 42.3 Å². The largest absolute Gasteiger partial charge is 0.369 e. The van der Waals surface area contributed by atoms with E-state index >= 15 is 0 Å². The first-order valence-electron chi connectivity index (χ1n) is 6.81. The van der Waals surface area contributed by atoms with Crippen molar-refractivity contribution in [3.8, 4) is 0 Å². The Morgan fingerprint density at radius 3 is 2.41 bits per heavy atom. The molecule has 1 aliphatic heterocycles. The van der Waals surface area contributed by atoms with Gasteiger partial charge in [-0.05, 0) is 44.2 Å². The molecule has 2 nitrogen and oxygen atoms in total. The van der Waals surface area contributed by atoms with Crippen LogP contribution in [0.3, 0.4) is 0 Å². The van der Waals surface area contributed by atoms with Crippen molar-refractivity contribution in [2.75, 3.05) is 18.0 Å². The molecule has 2 fully saturated rings. The first-order valence-corrected chi connectivity index (χ1v) is 6.81. The highest BCUT2D eigenvalue weighted by Gasteiger charge is 2.29. The maximum Gasteiger partial charge on any atom is 0.0426 e. The Morgan fingerprint density at radius 1 is 1.06 bits per heavy atom. The van der Waals surface area contributed by atoms with Gasteiger partial charge in [-0.1, -0.05) is 18.2 Å². The molecule has 0 spiro atoms. The van der Waals surface area contributed by atoms with Gasteiger partial charge in [0.1, 0.15) is 0 Å². The molecule has 1 N–H and O–H groups in total. The summed E-state index contributed by atoms with van der Waals surface area (Å²) >= 11 is 0. The summed E-state index contributed by atoms with van der Waals surface area (Å²) in [6, 6.07) is 8.15. The molecular weight excluding hydrogens is 208 g/mol. The highest BCUT2D eigenvalue weighted by molar-refractivity contribution is 5.59. The van der Waals surface area contributed by atoms with Crippen LogP contribution >= 0.6 is 0 Å². The van der Waals surface area contributed by atoms with Crippen LogP contribution in [0.1, 0.15) is 30.4 Å². The molecule has 1 atom stereocenters. The summed E-state index contributed by atoms with van der Waals surface area (Å²) in [6.07, 6.45) is 4.07. The number of nitrogens with one attached hydrogen (secondary N) is 1. The zero-order valence-electron chi connectivity index (χ0n) is 10.9. The smallest absolute Gasteiger partial charge is 0.0426 e. The lowest BCUT2D eigenvalue weighted by atomic mass is 10.1. The minimum absolute atomic E-state index is 0.710. The third-order valence-electron chi connectivity index (χ3n) is 3.99. The number of hydrogen-bond donors (Lipinski definition) is 1. The van der Waals surface area contributed by atoms with Crippen LogP contribution in [0.4, 0.5) is 5.69 Å². The summed E-state index contributed by atoms with van der Waals surface area (Å²) in [4.78, 5) is 2.56. The maximum atomic E-state index is 3.75. The average Bonchev–Trinajstić information content (AvgIpc) is 2.97. The molecule has 0 bridgehead atoms. The molecule has 1 saturated heterocycles. The Balaban J connectivity index is 1.72. The molecule has 1 aromatic carbocycles. The lowest BCUT2D eigenvalue weighted by Gasteiger charge is -2.23. The molecule has 1 heterocycles. The summed E-state index contributed by atoms with van der Waals surface area (Å²) in [6.45, 7) is 6.84. The number of hydrogen-bond acceptors (Lipinski definition) is 2. The lowest BCUT2D eigenvalue weighted by molar-refractivity contribution is 0.548. The first-order chi connectivity index (χ1) is 8.24. The van der Waals surface area contributed by atoms with Crippen molar-refractivity contribution in [3.05, 3.63) is 29.3 Å². The second kappa shape index (κ2) is 4.34. The van der Waals surface area contributed by atoms with Crippen LogP contribution in [0.5, 0.6) is 0 Å². The summed E-state index contributed by atoms with van der Waals surface area (Å²) in [7, 11) is 0. The van der Waals surface area contributed by atoms with Crippen molar-refractivity contribution < 1.29 is 0 Å². The lowest BCUT2D eigenvalue weighted by Crippen LogP contribution is -2.34. The third-order valence-corrected chi connectivity index (χ3v) is 3.99. The van der Waals surface area contributed by atoms with Crippen molar-refractivity contribution >= 4 is 5.69 Å². The minimum atomic E-state index is 0.710. The highest BCUT2D eigenvalue weighted by Crippen LogP contribution is 2.29. The van der Waals surface area contributed by atoms with Crippen LogP contribution in [-0.4, -0.2) is 25.2 Å². The molecule has 1 aromatic rings. The second-order valence-corrected chi connectivity index (χ2v) is 5.61. The van der Waals surface area contributed by atoms with E-state index in [0.717, 1.165) is 6.04 Å². The van der Waals surface area contributed by atoms with Crippen LogP contribution in [0.15, 0.2) is 18.2 Å². The SMILES string of the molecule is Cc1cccc(C)c1N1CCC(NC2CC2)C1. The molecular formula is C15H22N2. The van der Waals surface area contributed by atoms with E-state index in [1.165, 1.54) is 49.2 Å². The van der Waals surface area contributed by atoms with Crippen molar-refractivity contribution in [3.63, 3.8) is 0 Å². The second-order valence-electron chi connectivity index (χ2n) is 5.61. The van der Waals surface area contributed by atoms with E-state index < -0.39 is 0 Å². The molecule has 1 unspecified atom stereocenters. The van der Waals surface area contributed by atoms with Crippen LogP contribution in [0, 0.1) is 13.8 Å². The maximum absolute atomic E-state index is 3.75. The average molecular weight is 230 g/mol. The summed E-state index contributed by atoms with van der Waals surface area (Å²) in [5, 5.41) is 3.75. The van der Waals surface area contributed by atoms with Gasteiger partial charge in [0.25, 0.3) is 0 Å². The van der Waals surface area contributed by atoms with Crippen molar-refractivity contribution in [1.29, 1.82) is 0 Å². The number of benzene rings is 1. The van der Waals surface area contributed by atoms with E-state index in [0.29, 0.717) is 6.04 Å². The third kappa shape index (κ3) is 2.32. The van der Waals surface area contributed by atoms with Gasteiger partial charge >= 0.3 is 0 Å². The zero-order valence-corrected chi connectivity index (χ0v) is 10.9. The van der Waals surface area contributed by atoms with Gasteiger partial charge in [0.15, 0.2) is 0 Å². The monoisotopic (exact) mass is 230 g/mol. The van der Waals surface area contributed by atoms with Crippen LogP contribution in [-0.2, 0) is 0 Å². The van der Waals surface area contributed by atoms with Crippen molar-refractivity contribution in [2.45, 2.75) is 45.2 Å². The van der Waals surface area contributed by atoms with Gasteiger partial charge in [-0.15, -0.1) is 0 Å². The van der Waals surface area contributed by atoms with Gasteiger partial charge < -0.3 is 10.2 Å². The molecule has 92 valence electrons. The molecule has 1 saturated carbocycles. The molecule has 0 aromatic heterocycles. The van der Waals surface area contributed by atoms with Crippen molar-refractivity contribution in [1.82, 2.24) is 5.32 Å². The van der Waals surface area contributed by atoms with E-state index in [9.17, 15) is 0 Å². The fraction of sp³-hybridized carbons (Fsp3) is 0.600. The molecule has 0 radical (unpaired) electrons. The predicted molar refractivity (Wildman–Crippen MR) is 72.7 cm³/mol. The Morgan fingerprint density at radius 2 is 1.76 bits per heavy atom. The minimum Gasteiger partial charge on any atom is -0.369 e. The standard InChI is InChI=1S/C15H22N2/c1-11-4-3-5-12(2)15(11)17-9-8-14(10-17)16-13-6-7-13/h3-5,13-14,16H,6-10H2,1-2H3. The Hall–Kier alpha value is -1.02. The number of rotatable bonds is 3. The number of para-hydroxylation sites is 1. The predicted octanol–water partition coefficient (Wildman–Crippen LogP) is 2.63.